The fourth-order valence-electron chi connectivity index (χ4n) is 9.87. The van der Waals surface area contributed by atoms with E-state index in [-0.39, 0.29) is 11.2 Å². The number of rotatable bonds is 14. The van der Waals surface area contributed by atoms with Gasteiger partial charge in [0.2, 0.25) is 11.0 Å². The summed E-state index contributed by atoms with van der Waals surface area (Å²) < 4.78 is 38.0. The Morgan fingerprint density at radius 1 is 0.811 bits per heavy atom. The summed E-state index contributed by atoms with van der Waals surface area (Å²) in [6.45, 7) is 18.8. The van der Waals surface area contributed by atoms with Gasteiger partial charge < -0.3 is 14.4 Å². The SMILES string of the molecule is C=CSc1ccc2c(c1)c(/C=C1C=C(/C=C3/Sc4ccc(C)cc4N3CC)CC(C)(C)C/1)cc[n+]2C.CC(/C=C/c1cc[n+](C)c2ccc(C)cc12)=C\C=C1\Sc2ccc(SC3CC3)cc2N1CCCS(=O)(=O)[O-]. The number of thioether (sulfide) groups is 4. The Hall–Kier alpha value is -5.21. The molecule has 1 fully saturated rings. The monoisotopic (exact) mass is 1080 g/mol. The van der Waals surface area contributed by atoms with Gasteiger partial charge >= 0.3 is 0 Å². The Bertz CT molecular complexity index is 3470. The van der Waals surface area contributed by atoms with Crippen molar-refractivity contribution < 1.29 is 22.1 Å². The molecule has 4 aliphatic rings. The molecule has 74 heavy (non-hydrogen) atoms. The van der Waals surface area contributed by atoms with E-state index in [9.17, 15) is 13.0 Å². The average molecular weight is 1080 g/mol. The first-order valence-corrected chi connectivity index (χ1v) is 30.4. The molecular weight excluding hydrogens is 1010 g/mol. The Balaban J connectivity index is 0.000000182. The van der Waals surface area contributed by atoms with Crippen LogP contribution in [0.1, 0.15) is 82.1 Å². The van der Waals surface area contributed by atoms with Gasteiger partial charge in [-0.05, 0) is 159 Å². The van der Waals surface area contributed by atoms with Gasteiger partial charge in [0, 0.05) is 67.9 Å². The van der Waals surface area contributed by atoms with Crippen LogP contribution in [0.15, 0.2) is 186 Å². The lowest BCUT2D eigenvalue weighted by atomic mass is 9.75. The van der Waals surface area contributed by atoms with E-state index < -0.39 is 10.1 Å². The number of hydrogen-bond acceptors (Lipinski definition) is 9. The van der Waals surface area contributed by atoms with Crippen molar-refractivity contribution in [2.75, 3.05) is 28.6 Å². The fourth-order valence-corrected chi connectivity index (χ4v) is 14.2. The van der Waals surface area contributed by atoms with E-state index in [2.05, 4.69) is 221 Å². The summed E-state index contributed by atoms with van der Waals surface area (Å²) in [4.78, 5) is 9.59. The largest absolute Gasteiger partial charge is 0.748 e. The third-order valence-corrected chi connectivity index (χ3v) is 18.6. The van der Waals surface area contributed by atoms with Crippen molar-refractivity contribution in [3.63, 3.8) is 0 Å². The van der Waals surface area contributed by atoms with Gasteiger partial charge in [0.15, 0.2) is 12.4 Å². The van der Waals surface area contributed by atoms with Crippen LogP contribution in [-0.2, 0) is 24.2 Å². The Morgan fingerprint density at radius 3 is 2.18 bits per heavy atom. The summed E-state index contributed by atoms with van der Waals surface area (Å²) in [5.74, 6) is -0.354. The molecule has 0 saturated heterocycles. The number of benzene rings is 4. The smallest absolute Gasteiger partial charge is 0.212 e. The zero-order valence-electron chi connectivity index (χ0n) is 43.9. The van der Waals surface area contributed by atoms with Gasteiger partial charge in [0.25, 0.3) is 0 Å². The third kappa shape index (κ3) is 13.2. The van der Waals surface area contributed by atoms with Crippen LogP contribution in [-0.4, -0.2) is 37.1 Å². The van der Waals surface area contributed by atoms with E-state index in [0.717, 1.165) is 40.6 Å². The minimum absolute atomic E-state index is 0.218. The van der Waals surface area contributed by atoms with Crippen molar-refractivity contribution in [3.8, 4) is 0 Å². The van der Waals surface area contributed by atoms with Crippen LogP contribution in [0, 0.1) is 19.3 Å². The maximum absolute atomic E-state index is 11.2. The van der Waals surface area contributed by atoms with Crippen molar-refractivity contribution >= 4 is 102 Å². The van der Waals surface area contributed by atoms with Gasteiger partial charge in [0.05, 0.1) is 42.3 Å². The van der Waals surface area contributed by atoms with E-state index in [4.69, 9.17) is 0 Å². The lowest BCUT2D eigenvalue weighted by molar-refractivity contribution is -0.645. The van der Waals surface area contributed by atoms with Gasteiger partial charge in [-0.2, -0.15) is 0 Å². The molecule has 0 radical (unpaired) electrons. The standard InChI is InChI=1S/C32H35N2S2.C30H32N2O3S3/c1-7-34-29-15-22(3)9-12-30(29)36-31(34)18-24-16-23(20-32(4,5)21-24)17-25-13-14-33(6)28-11-10-26(35-8-2)19-27(25)28;1-21(5-8-23-15-17-31(3)27-12-6-22(2)19-26(23)27)7-14-30-32(16-4-18-38(33,34)35)28-20-25(36-24-9-10-24)11-13-29(28)37-30/h8-19H,2,7,20-21H2,1,3-6H3;5-8,11-15,17,19-20,24H,4,9-10,16,18H2,1-3H3/q+1;. The molecular formula is C62H67N4O3S5+. The van der Waals surface area contributed by atoms with E-state index in [0.29, 0.717) is 18.2 Å². The van der Waals surface area contributed by atoms with Crippen molar-refractivity contribution in [2.24, 2.45) is 19.5 Å². The van der Waals surface area contributed by atoms with Crippen LogP contribution in [0.3, 0.4) is 0 Å². The highest BCUT2D eigenvalue weighted by atomic mass is 32.2. The molecule has 2 aromatic heterocycles. The summed E-state index contributed by atoms with van der Waals surface area (Å²) in [7, 11) is -0.0588. The zero-order chi connectivity index (χ0) is 52.3. The highest BCUT2D eigenvalue weighted by Gasteiger charge is 2.30. The van der Waals surface area contributed by atoms with Crippen LogP contribution in [0.2, 0.25) is 0 Å². The molecule has 2 aliphatic heterocycles. The molecule has 382 valence electrons. The Morgan fingerprint density at radius 2 is 1.46 bits per heavy atom. The minimum Gasteiger partial charge on any atom is -0.748 e. The molecule has 0 bridgehead atoms. The number of hydrogen-bond donors (Lipinski definition) is 0. The van der Waals surface area contributed by atoms with Crippen molar-refractivity contribution in [2.45, 2.75) is 98.5 Å². The lowest BCUT2D eigenvalue weighted by Gasteiger charge is -2.31. The van der Waals surface area contributed by atoms with Crippen LogP contribution in [0.5, 0.6) is 0 Å². The topological polar surface area (TPSA) is 71.4 Å². The van der Waals surface area contributed by atoms with Gasteiger partial charge in [0.1, 0.15) is 14.1 Å². The number of fused-ring (bicyclic) bond motifs is 4. The summed E-state index contributed by atoms with van der Waals surface area (Å²) in [6, 6.07) is 30.9. The summed E-state index contributed by atoms with van der Waals surface area (Å²) in [5, 5.41) is 7.49. The lowest BCUT2D eigenvalue weighted by Crippen LogP contribution is -2.28. The molecule has 2 aliphatic carbocycles. The Labute approximate surface area is 456 Å². The quantitative estimate of drug-likeness (QED) is 0.0459. The summed E-state index contributed by atoms with van der Waals surface area (Å²) >= 11 is 7.17. The number of allylic oxidation sites excluding steroid dienone is 8. The maximum Gasteiger partial charge on any atom is 0.212 e. The molecule has 4 aromatic carbocycles. The molecule has 0 unspecified atom stereocenters. The van der Waals surface area contributed by atoms with Crippen LogP contribution in [0.25, 0.3) is 34.0 Å². The van der Waals surface area contributed by atoms with Crippen LogP contribution in [0.4, 0.5) is 11.4 Å². The first kappa shape index (κ1) is 53.6. The number of aromatic nitrogens is 2. The highest BCUT2D eigenvalue weighted by molar-refractivity contribution is 8.04. The van der Waals surface area contributed by atoms with Crippen molar-refractivity contribution in [1.82, 2.24) is 0 Å². The van der Waals surface area contributed by atoms with Crippen LogP contribution >= 0.6 is 47.0 Å². The van der Waals surface area contributed by atoms with E-state index in [1.165, 1.54) is 93.5 Å². The van der Waals surface area contributed by atoms with E-state index >= 15 is 0 Å². The third-order valence-electron chi connectivity index (χ3n) is 13.6. The maximum atomic E-state index is 11.2. The summed E-state index contributed by atoms with van der Waals surface area (Å²) in [6.07, 6.45) is 25.0. The highest BCUT2D eigenvalue weighted by Crippen LogP contribution is 2.50. The van der Waals surface area contributed by atoms with Gasteiger partial charge in [-0.15, -0.1) is 11.8 Å². The number of aryl methyl sites for hydroxylation is 4. The Kier molecular flexibility index (Phi) is 16.6. The average Bonchev–Trinajstić information content (AvgIpc) is 4.01. The molecule has 6 aromatic rings. The second-order valence-electron chi connectivity index (χ2n) is 20.6. The van der Waals surface area contributed by atoms with E-state index in [1.54, 1.807) is 23.5 Å². The van der Waals surface area contributed by atoms with Crippen molar-refractivity contribution in [3.05, 3.63) is 189 Å². The zero-order valence-corrected chi connectivity index (χ0v) is 47.9. The predicted molar refractivity (Wildman–Crippen MR) is 317 cm³/mol. The minimum atomic E-state index is -4.24. The molecule has 0 atom stereocenters. The van der Waals surface area contributed by atoms with Gasteiger partial charge in [-0.25, -0.2) is 17.6 Å². The van der Waals surface area contributed by atoms with E-state index in [1.807, 2.05) is 28.9 Å². The van der Waals surface area contributed by atoms with Gasteiger partial charge in [-0.3, -0.25) is 0 Å². The predicted octanol–water partition coefficient (Wildman–Crippen LogP) is 15.4. The molecule has 1 saturated carbocycles. The van der Waals surface area contributed by atoms with Crippen molar-refractivity contribution in [1.29, 1.82) is 0 Å². The second-order valence-corrected chi connectivity index (χ2v) is 26.6. The summed E-state index contributed by atoms with van der Waals surface area (Å²) in [5.41, 5.74) is 14.0. The molecule has 4 heterocycles. The number of nitrogens with zero attached hydrogens (tertiary/aromatic N) is 4. The van der Waals surface area contributed by atoms with Crippen LogP contribution < -0.4 is 18.9 Å². The first-order chi connectivity index (χ1) is 35.4. The molecule has 10 rings (SSSR count). The number of anilines is 2. The molecule has 0 spiro atoms. The second kappa shape index (κ2) is 22.9. The first-order valence-electron chi connectivity index (χ1n) is 25.5. The molecule has 7 nitrogen and oxygen atoms in total. The molecule has 0 N–H and O–H groups in total. The molecule has 0 amide bonds. The fraction of sp³-hybridized carbons (Fsp3) is 0.290. The molecule has 12 heteroatoms. The normalized spacial score (nSPS) is 18.1. The number of pyridine rings is 2. The van der Waals surface area contributed by atoms with Gasteiger partial charge in [-0.1, -0.05) is 109 Å².